The average Bonchev–Trinajstić information content (AvgIpc) is 2.85. The van der Waals surface area contributed by atoms with Gasteiger partial charge in [-0.25, -0.2) is 0 Å². The molecule has 17 heavy (non-hydrogen) atoms. The average molecular weight is 218 g/mol. The summed E-state index contributed by atoms with van der Waals surface area (Å²) in [6.07, 6.45) is 9.82. The highest BCUT2D eigenvalue weighted by molar-refractivity contribution is 5.72. The van der Waals surface area contributed by atoms with Crippen LogP contribution in [0, 0.1) is 0 Å². The molecule has 0 heterocycles. The monoisotopic (exact) mass is 218 g/mol. The zero-order valence-electron chi connectivity index (χ0n) is 9.64. The minimum Gasteiger partial charge on any atom is -0.0795 e. The lowest BCUT2D eigenvalue weighted by Crippen LogP contribution is -1.82. The van der Waals surface area contributed by atoms with E-state index >= 15 is 0 Å². The highest BCUT2D eigenvalue weighted by Gasteiger charge is 2.03. The van der Waals surface area contributed by atoms with Crippen molar-refractivity contribution in [1.29, 1.82) is 0 Å². The molecular weight excluding hydrogens is 204 g/mol. The van der Waals surface area contributed by atoms with Crippen LogP contribution >= 0.6 is 0 Å². The van der Waals surface area contributed by atoms with Crippen LogP contribution in [-0.2, 0) is 6.42 Å². The first-order valence-electron chi connectivity index (χ1n) is 5.94. The summed E-state index contributed by atoms with van der Waals surface area (Å²) in [6.45, 7) is 0. The molecule has 0 spiro atoms. The van der Waals surface area contributed by atoms with Crippen LogP contribution in [0.25, 0.3) is 18.2 Å². The number of benzene rings is 2. The smallest absolute Gasteiger partial charge is 0.00882 e. The first-order chi connectivity index (χ1) is 8.42. The van der Waals surface area contributed by atoms with Gasteiger partial charge in [-0.05, 0) is 34.7 Å². The largest absolute Gasteiger partial charge is 0.0795 e. The van der Waals surface area contributed by atoms with Crippen molar-refractivity contribution < 1.29 is 0 Å². The molecule has 0 fully saturated rings. The molecule has 0 radical (unpaired) electrons. The minimum absolute atomic E-state index is 1.08. The van der Waals surface area contributed by atoms with E-state index < -0.39 is 0 Å². The van der Waals surface area contributed by atoms with E-state index in [2.05, 4.69) is 66.8 Å². The standard InChI is InChI=1S/C17H14/c1-2-5-14(6-3-1)9-10-15-11-12-16-7-4-8-17(16)13-15/h1-6,8-13H,7H2/b10-9+. The summed E-state index contributed by atoms with van der Waals surface area (Å²) in [5.41, 5.74) is 5.30. The van der Waals surface area contributed by atoms with Crippen molar-refractivity contribution in [2.75, 3.05) is 0 Å². The molecule has 0 heteroatoms. The van der Waals surface area contributed by atoms with Crippen molar-refractivity contribution >= 4 is 18.2 Å². The Morgan fingerprint density at radius 2 is 1.65 bits per heavy atom. The van der Waals surface area contributed by atoms with Gasteiger partial charge in [0, 0.05) is 0 Å². The Morgan fingerprint density at radius 3 is 2.53 bits per heavy atom. The summed E-state index contributed by atoms with van der Waals surface area (Å²) in [4.78, 5) is 0. The zero-order valence-corrected chi connectivity index (χ0v) is 9.64. The fourth-order valence-electron chi connectivity index (χ4n) is 2.13. The van der Waals surface area contributed by atoms with Crippen LogP contribution < -0.4 is 0 Å². The van der Waals surface area contributed by atoms with Gasteiger partial charge in [0.25, 0.3) is 0 Å². The lowest BCUT2D eigenvalue weighted by molar-refractivity contribution is 1.31. The van der Waals surface area contributed by atoms with Gasteiger partial charge < -0.3 is 0 Å². The summed E-state index contributed by atoms with van der Waals surface area (Å²) in [5.74, 6) is 0. The third-order valence-corrected chi connectivity index (χ3v) is 3.07. The quantitative estimate of drug-likeness (QED) is 0.654. The lowest BCUT2D eigenvalue weighted by Gasteiger charge is -2.00. The van der Waals surface area contributed by atoms with Gasteiger partial charge in [-0.1, -0.05) is 66.8 Å². The third-order valence-electron chi connectivity index (χ3n) is 3.07. The molecule has 2 aromatic rings. The Hall–Kier alpha value is -2.08. The summed E-state index contributed by atoms with van der Waals surface area (Å²) in [5, 5.41) is 0. The number of fused-ring (bicyclic) bond motifs is 1. The van der Waals surface area contributed by atoms with Gasteiger partial charge in [0.2, 0.25) is 0 Å². The first kappa shape index (κ1) is 10.1. The molecule has 0 bridgehead atoms. The summed E-state index contributed by atoms with van der Waals surface area (Å²) in [7, 11) is 0. The number of hydrogen-bond donors (Lipinski definition) is 0. The predicted octanol–water partition coefficient (Wildman–Crippen LogP) is 4.43. The second kappa shape index (κ2) is 4.42. The Kier molecular flexibility index (Phi) is 2.63. The van der Waals surface area contributed by atoms with Crippen LogP contribution in [0.4, 0.5) is 0 Å². The SMILES string of the molecule is C1=Cc2cc(/C=C/c3ccccc3)ccc2C1. The highest BCUT2D eigenvalue weighted by atomic mass is 14.1. The Balaban J connectivity index is 1.86. The van der Waals surface area contributed by atoms with Crippen molar-refractivity contribution in [2.24, 2.45) is 0 Å². The summed E-state index contributed by atoms with van der Waals surface area (Å²) < 4.78 is 0. The predicted molar refractivity (Wildman–Crippen MR) is 74.6 cm³/mol. The third kappa shape index (κ3) is 2.21. The maximum absolute atomic E-state index is 2.25. The van der Waals surface area contributed by atoms with Crippen LogP contribution in [0.1, 0.15) is 22.3 Å². The van der Waals surface area contributed by atoms with Gasteiger partial charge in [-0.15, -0.1) is 0 Å². The van der Waals surface area contributed by atoms with Crippen LogP contribution in [0.5, 0.6) is 0 Å². The Bertz CT molecular complexity index is 574. The van der Waals surface area contributed by atoms with E-state index in [1.807, 2.05) is 6.07 Å². The Morgan fingerprint density at radius 1 is 0.824 bits per heavy atom. The molecule has 1 aliphatic carbocycles. The van der Waals surface area contributed by atoms with Gasteiger partial charge in [-0.2, -0.15) is 0 Å². The van der Waals surface area contributed by atoms with E-state index in [0.29, 0.717) is 0 Å². The molecule has 0 aromatic heterocycles. The van der Waals surface area contributed by atoms with Crippen LogP contribution in [0.3, 0.4) is 0 Å². The van der Waals surface area contributed by atoms with Crippen molar-refractivity contribution in [3.63, 3.8) is 0 Å². The fraction of sp³-hybridized carbons (Fsp3) is 0.0588. The number of allylic oxidation sites excluding steroid dienone is 1. The van der Waals surface area contributed by atoms with Gasteiger partial charge in [-0.3, -0.25) is 0 Å². The lowest BCUT2D eigenvalue weighted by atomic mass is 10.1. The zero-order chi connectivity index (χ0) is 11.5. The van der Waals surface area contributed by atoms with Crippen LogP contribution in [0.2, 0.25) is 0 Å². The van der Waals surface area contributed by atoms with E-state index in [1.54, 1.807) is 0 Å². The molecule has 2 aromatic carbocycles. The topological polar surface area (TPSA) is 0 Å². The summed E-state index contributed by atoms with van der Waals surface area (Å²) in [6, 6.07) is 17.0. The molecule has 0 unspecified atom stereocenters. The Labute approximate surface area is 102 Å². The number of hydrogen-bond acceptors (Lipinski definition) is 0. The van der Waals surface area contributed by atoms with Gasteiger partial charge in [0.05, 0.1) is 0 Å². The van der Waals surface area contributed by atoms with Gasteiger partial charge >= 0.3 is 0 Å². The molecule has 82 valence electrons. The number of rotatable bonds is 2. The molecule has 3 rings (SSSR count). The highest BCUT2D eigenvalue weighted by Crippen LogP contribution is 2.21. The second-order valence-corrected chi connectivity index (χ2v) is 4.31. The molecule has 0 aliphatic heterocycles. The minimum atomic E-state index is 1.08. The molecular formula is C17H14. The molecule has 0 nitrogen and oxygen atoms in total. The second-order valence-electron chi connectivity index (χ2n) is 4.31. The van der Waals surface area contributed by atoms with E-state index in [-0.39, 0.29) is 0 Å². The maximum Gasteiger partial charge on any atom is -0.00882 e. The van der Waals surface area contributed by atoms with Crippen LogP contribution in [0.15, 0.2) is 54.6 Å². The molecule has 0 N–H and O–H groups in total. The van der Waals surface area contributed by atoms with E-state index in [4.69, 9.17) is 0 Å². The van der Waals surface area contributed by atoms with Crippen molar-refractivity contribution in [1.82, 2.24) is 0 Å². The van der Waals surface area contributed by atoms with Crippen molar-refractivity contribution in [3.8, 4) is 0 Å². The van der Waals surface area contributed by atoms with Gasteiger partial charge in [0.15, 0.2) is 0 Å². The van der Waals surface area contributed by atoms with Crippen molar-refractivity contribution in [2.45, 2.75) is 6.42 Å². The molecule has 0 saturated heterocycles. The first-order valence-corrected chi connectivity index (χ1v) is 5.94. The van der Waals surface area contributed by atoms with Crippen molar-refractivity contribution in [3.05, 3.63) is 76.9 Å². The normalized spacial score (nSPS) is 13.2. The van der Waals surface area contributed by atoms with E-state index in [0.717, 1.165) is 6.42 Å². The summed E-state index contributed by atoms with van der Waals surface area (Å²) >= 11 is 0. The van der Waals surface area contributed by atoms with Crippen LogP contribution in [-0.4, -0.2) is 0 Å². The molecule has 1 aliphatic rings. The molecule has 0 atom stereocenters. The molecule has 0 amide bonds. The van der Waals surface area contributed by atoms with Gasteiger partial charge in [0.1, 0.15) is 0 Å². The fourth-order valence-corrected chi connectivity index (χ4v) is 2.13. The van der Waals surface area contributed by atoms with E-state index in [1.165, 1.54) is 22.3 Å². The molecule has 0 saturated carbocycles. The maximum atomic E-state index is 2.25. The van der Waals surface area contributed by atoms with E-state index in [9.17, 15) is 0 Å².